The Kier molecular flexibility index (Phi) is 6.63. The van der Waals surface area contributed by atoms with Crippen LogP contribution in [0, 0.1) is 5.92 Å². The van der Waals surface area contributed by atoms with Gasteiger partial charge >= 0.3 is 6.18 Å². The van der Waals surface area contributed by atoms with Gasteiger partial charge < -0.3 is 10.2 Å². The zero-order valence-electron chi connectivity index (χ0n) is 17.8. The number of aromatic nitrogens is 3. The first-order chi connectivity index (χ1) is 15.1. The van der Waals surface area contributed by atoms with E-state index in [0.717, 1.165) is 50.8 Å². The molecule has 1 aliphatic carbocycles. The lowest BCUT2D eigenvalue weighted by molar-refractivity contribution is -0.137. The Bertz CT molecular complexity index is 986. The summed E-state index contributed by atoms with van der Waals surface area (Å²) < 4.78 is 42.1. The molecule has 11 heteroatoms. The first-order valence-corrected chi connectivity index (χ1v) is 11.9. The molecule has 0 spiro atoms. The number of alkyl halides is 3. The molecule has 1 aromatic carbocycles. The Balaban J connectivity index is 1.49. The number of carbonyl (C=O) groups excluding carboxylic acids is 1. The summed E-state index contributed by atoms with van der Waals surface area (Å²) in [5, 5.41) is 11.0. The van der Waals surface area contributed by atoms with Crippen LogP contribution in [0.1, 0.15) is 51.1 Å². The van der Waals surface area contributed by atoms with Crippen molar-refractivity contribution in [3.63, 3.8) is 0 Å². The van der Waals surface area contributed by atoms with E-state index < -0.39 is 22.9 Å². The van der Waals surface area contributed by atoms with Crippen molar-refractivity contribution in [3.05, 3.63) is 28.8 Å². The highest BCUT2D eigenvalue weighted by molar-refractivity contribution is 8.00. The monoisotopic (exact) mass is 487 g/mol. The smallest absolute Gasteiger partial charge is 0.341 e. The number of anilines is 2. The van der Waals surface area contributed by atoms with E-state index in [2.05, 4.69) is 31.9 Å². The summed E-state index contributed by atoms with van der Waals surface area (Å²) in [6, 6.07) is 3.61. The molecule has 0 bridgehead atoms. The van der Waals surface area contributed by atoms with E-state index in [4.69, 9.17) is 11.6 Å². The summed E-state index contributed by atoms with van der Waals surface area (Å²) in [5.41, 5.74) is -1.29. The summed E-state index contributed by atoms with van der Waals surface area (Å²) in [5.74, 6) is 0.976. The van der Waals surface area contributed by atoms with Gasteiger partial charge in [-0.15, -0.1) is 10.2 Å². The normalized spacial score (nSPS) is 18.6. The maximum atomic E-state index is 13.3. The molecule has 1 unspecified atom stereocenters. The van der Waals surface area contributed by atoms with Gasteiger partial charge in [0.05, 0.1) is 16.5 Å². The van der Waals surface area contributed by atoms with Crippen LogP contribution in [0.25, 0.3) is 0 Å². The number of thioether (sulfide) groups is 1. The highest BCUT2D eigenvalue weighted by Crippen LogP contribution is 2.42. The topological polar surface area (TPSA) is 63.1 Å². The lowest BCUT2D eigenvalue weighted by Gasteiger charge is -2.31. The largest absolute Gasteiger partial charge is 0.418 e. The standard InChI is InChI=1S/C21H25ClF3N5OS/c1-12-7-9-29(10-8-12)19-27-28-20(30(19)15-4-5-15)32-13(2)18(31)26-17-6-3-14(22)11-16(17)21(23,24)25/h3,6,11-13,15H,4-5,7-10H2,1-2H3,(H,26,31). The number of rotatable bonds is 6. The summed E-state index contributed by atoms with van der Waals surface area (Å²) in [6.45, 7) is 5.74. The van der Waals surface area contributed by atoms with Gasteiger partial charge in [-0.3, -0.25) is 9.36 Å². The first-order valence-electron chi connectivity index (χ1n) is 10.7. The fourth-order valence-electron chi connectivity index (χ4n) is 3.73. The van der Waals surface area contributed by atoms with Crippen molar-refractivity contribution in [2.75, 3.05) is 23.3 Å². The van der Waals surface area contributed by atoms with Gasteiger partial charge in [-0.25, -0.2) is 0 Å². The molecule has 2 aromatic rings. The number of nitrogens with one attached hydrogen (secondary N) is 1. The van der Waals surface area contributed by atoms with Crippen LogP contribution in [0.2, 0.25) is 5.02 Å². The Labute approximate surface area is 193 Å². The maximum Gasteiger partial charge on any atom is 0.418 e. The maximum absolute atomic E-state index is 13.3. The number of benzene rings is 1. The Morgan fingerprint density at radius 3 is 2.53 bits per heavy atom. The van der Waals surface area contributed by atoms with Crippen LogP contribution in [0.5, 0.6) is 0 Å². The Hall–Kier alpha value is -1.94. The third-order valence-corrected chi connectivity index (χ3v) is 7.11. The Morgan fingerprint density at radius 1 is 1.22 bits per heavy atom. The van der Waals surface area contributed by atoms with E-state index in [1.165, 1.54) is 23.9 Å². The lowest BCUT2D eigenvalue weighted by atomic mass is 10.00. The number of piperidine rings is 1. The summed E-state index contributed by atoms with van der Waals surface area (Å²) in [6.07, 6.45) is -0.369. The molecule has 1 saturated carbocycles. The molecule has 32 heavy (non-hydrogen) atoms. The number of hydrogen-bond acceptors (Lipinski definition) is 5. The fourth-order valence-corrected chi connectivity index (χ4v) is 4.82. The van der Waals surface area contributed by atoms with Crippen LogP contribution in [-0.4, -0.2) is 39.0 Å². The quantitative estimate of drug-likeness (QED) is 0.534. The van der Waals surface area contributed by atoms with Crippen LogP contribution >= 0.6 is 23.4 Å². The number of hydrogen-bond donors (Lipinski definition) is 1. The first kappa shape index (κ1) is 23.2. The van der Waals surface area contributed by atoms with Crippen molar-refractivity contribution in [3.8, 4) is 0 Å². The second-order valence-corrected chi connectivity index (χ2v) is 10.2. The van der Waals surface area contributed by atoms with E-state index in [9.17, 15) is 18.0 Å². The molecular weight excluding hydrogens is 463 g/mol. The number of carbonyl (C=O) groups is 1. The molecule has 174 valence electrons. The second-order valence-electron chi connectivity index (χ2n) is 8.49. The SMILES string of the molecule is CC1CCN(c2nnc(SC(C)C(=O)Nc3ccc(Cl)cc3C(F)(F)F)n2C2CC2)CC1. The van der Waals surface area contributed by atoms with E-state index in [1.807, 2.05) is 0 Å². The van der Waals surface area contributed by atoms with E-state index in [1.54, 1.807) is 6.92 Å². The minimum absolute atomic E-state index is 0.0464. The van der Waals surface area contributed by atoms with Crippen molar-refractivity contribution in [1.82, 2.24) is 14.8 Å². The second kappa shape index (κ2) is 9.13. The average Bonchev–Trinajstić information content (AvgIpc) is 3.49. The van der Waals surface area contributed by atoms with Crippen LogP contribution in [0.3, 0.4) is 0 Å². The number of nitrogens with zero attached hydrogens (tertiary/aromatic N) is 4. The number of amides is 1. The molecule has 1 atom stereocenters. The van der Waals surface area contributed by atoms with Crippen molar-refractivity contribution in [2.45, 2.75) is 62.2 Å². The fraction of sp³-hybridized carbons (Fsp3) is 0.571. The van der Waals surface area contributed by atoms with Crippen molar-refractivity contribution in [1.29, 1.82) is 0 Å². The van der Waals surface area contributed by atoms with Crippen molar-refractivity contribution >= 4 is 40.9 Å². The zero-order valence-corrected chi connectivity index (χ0v) is 19.4. The van der Waals surface area contributed by atoms with Gasteiger partial charge in [0.25, 0.3) is 0 Å². The van der Waals surface area contributed by atoms with Gasteiger partial charge in [-0.2, -0.15) is 13.2 Å². The van der Waals surface area contributed by atoms with Crippen molar-refractivity contribution < 1.29 is 18.0 Å². The third kappa shape index (κ3) is 5.17. The minimum atomic E-state index is -4.63. The van der Waals surface area contributed by atoms with Gasteiger partial charge in [-0.1, -0.05) is 30.3 Å². The van der Waals surface area contributed by atoms with Gasteiger partial charge in [-0.05, 0) is 56.7 Å². The summed E-state index contributed by atoms with van der Waals surface area (Å²) in [7, 11) is 0. The molecule has 1 aliphatic heterocycles. The van der Waals surface area contributed by atoms with Gasteiger partial charge in [0.2, 0.25) is 11.9 Å². The highest BCUT2D eigenvalue weighted by atomic mass is 35.5. The molecule has 2 heterocycles. The van der Waals surface area contributed by atoms with Crippen LogP contribution < -0.4 is 10.2 Å². The van der Waals surface area contributed by atoms with Gasteiger partial charge in [0.1, 0.15) is 0 Å². The van der Waals surface area contributed by atoms with Crippen LogP contribution in [0.4, 0.5) is 24.8 Å². The molecule has 1 N–H and O–H groups in total. The summed E-state index contributed by atoms with van der Waals surface area (Å²) in [4.78, 5) is 15.0. The molecule has 2 aliphatic rings. The molecule has 0 radical (unpaired) electrons. The van der Waals surface area contributed by atoms with E-state index in [-0.39, 0.29) is 10.7 Å². The third-order valence-electron chi connectivity index (χ3n) is 5.82. The van der Waals surface area contributed by atoms with E-state index in [0.29, 0.717) is 17.1 Å². The number of halogens is 4. The predicted molar refractivity (Wildman–Crippen MR) is 119 cm³/mol. The highest BCUT2D eigenvalue weighted by Gasteiger charge is 2.36. The predicted octanol–water partition coefficient (Wildman–Crippen LogP) is 5.64. The zero-order chi connectivity index (χ0) is 23.0. The molecule has 1 saturated heterocycles. The van der Waals surface area contributed by atoms with Crippen LogP contribution in [-0.2, 0) is 11.0 Å². The molecule has 2 fully saturated rings. The average molecular weight is 488 g/mol. The molecule has 1 amide bonds. The molecular formula is C21H25ClF3N5OS. The van der Waals surface area contributed by atoms with Gasteiger partial charge in [0.15, 0.2) is 5.16 Å². The van der Waals surface area contributed by atoms with Gasteiger partial charge in [0, 0.05) is 24.2 Å². The lowest BCUT2D eigenvalue weighted by Crippen LogP contribution is -2.34. The van der Waals surface area contributed by atoms with Crippen LogP contribution in [0.15, 0.2) is 23.4 Å². The van der Waals surface area contributed by atoms with E-state index >= 15 is 0 Å². The summed E-state index contributed by atoms with van der Waals surface area (Å²) >= 11 is 6.93. The molecule has 6 nitrogen and oxygen atoms in total. The molecule has 1 aromatic heterocycles. The molecule has 4 rings (SSSR count). The van der Waals surface area contributed by atoms with Crippen molar-refractivity contribution in [2.24, 2.45) is 5.92 Å². The Morgan fingerprint density at radius 2 is 1.91 bits per heavy atom. The minimum Gasteiger partial charge on any atom is -0.341 e.